The van der Waals surface area contributed by atoms with E-state index in [-0.39, 0.29) is 5.91 Å². The summed E-state index contributed by atoms with van der Waals surface area (Å²) in [7, 11) is 4.71. The number of nitrogens with zero attached hydrogens (tertiary/aromatic N) is 1. The van der Waals surface area contributed by atoms with Crippen molar-refractivity contribution in [3.05, 3.63) is 17.7 Å². The van der Waals surface area contributed by atoms with E-state index in [1.54, 1.807) is 39.7 Å². The van der Waals surface area contributed by atoms with Crippen LogP contribution in [0.3, 0.4) is 0 Å². The second-order valence-corrected chi connectivity index (χ2v) is 7.53. The molecule has 0 spiro atoms. The minimum Gasteiger partial charge on any atom is -0.496 e. The quantitative estimate of drug-likeness (QED) is 0.195. The van der Waals surface area contributed by atoms with Gasteiger partial charge in [0.05, 0.1) is 27.5 Å². The number of carbonyl (C=O) groups is 1. The van der Waals surface area contributed by atoms with Gasteiger partial charge in [0.25, 0.3) is 0 Å². The van der Waals surface area contributed by atoms with E-state index in [4.69, 9.17) is 14.2 Å². The molecule has 1 aromatic carbocycles. The maximum absolute atomic E-state index is 12.0. The largest absolute Gasteiger partial charge is 0.496 e. The van der Waals surface area contributed by atoms with Crippen molar-refractivity contribution in [1.29, 1.82) is 0 Å². The first-order valence-electron chi connectivity index (χ1n) is 11.3. The van der Waals surface area contributed by atoms with Crippen molar-refractivity contribution in [3.8, 4) is 17.2 Å². The molecule has 6 nitrogen and oxygen atoms in total. The molecule has 0 saturated heterocycles. The van der Waals surface area contributed by atoms with E-state index in [1.165, 1.54) is 57.8 Å². The first-order chi connectivity index (χ1) is 14.7. The number of amides is 1. The molecule has 1 amide bonds. The van der Waals surface area contributed by atoms with Crippen molar-refractivity contribution in [2.24, 2.45) is 5.10 Å². The normalized spacial score (nSPS) is 10.9. The van der Waals surface area contributed by atoms with Crippen LogP contribution >= 0.6 is 0 Å². The minimum atomic E-state index is -0.0679. The molecule has 0 radical (unpaired) electrons. The van der Waals surface area contributed by atoms with E-state index >= 15 is 0 Å². The summed E-state index contributed by atoms with van der Waals surface area (Å²) in [4.78, 5) is 12.0. The molecule has 6 heteroatoms. The zero-order chi connectivity index (χ0) is 22.0. The van der Waals surface area contributed by atoms with Crippen molar-refractivity contribution in [1.82, 2.24) is 5.43 Å². The molecule has 0 saturated carbocycles. The summed E-state index contributed by atoms with van der Waals surface area (Å²) in [6.07, 6.45) is 16.0. The molecule has 0 aliphatic heterocycles. The Hall–Kier alpha value is -2.24. The number of nitrogens with one attached hydrogen (secondary N) is 1. The molecule has 1 aromatic rings. The van der Waals surface area contributed by atoms with E-state index in [0.717, 1.165) is 12.8 Å². The Kier molecular flexibility index (Phi) is 14.2. The molecule has 0 aliphatic carbocycles. The van der Waals surface area contributed by atoms with Crippen molar-refractivity contribution in [2.75, 3.05) is 21.3 Å². The fourth-order valence-corrected chi connectivity index (χ4v) is 3.33. The van der Waals surface area contributed by atoms with E-state index < -0.39 is 0 Å². The predicted molar refractivity (Wildman–Crippen MR) is 123 cm³/mol. The number of hydrogen-bond donors (Lipinski definition) is 1. The Balaban J connectivity index is 2.22. The smallest absolute Gasteiger partial charge is 0.240 e. The monoisotopic (exact) mass is 420 g/mol. The second-order valence-electron chi connectivity index (χ2n) is 7.53. The summed E-state index contributed by atoms with van der Waals surface area (Å²) >= 11 is 0. The lowest BCUT2D eigenvalue weighted by atomic mass is 10.1. The molecule has 0 atom stereocenters. The van der Waals surface area contributed by atoms with E-state index in [0.29, 0.717) is 29.2 Å². The van der Waals surface area contributed by atoms with Gasteiger partial charge in [-0.2, -0.15) is 5.10 Å². The number of hydrazone groups is 1. The van der Waals surface area contributed by atoms with Crippen molar-refractivity contribution < 1.29 is 19.0 Å². The lowest BCUT2D eigenvalue weighted by molar-refractivity contribution is -0.121. The molecular weight excluding hydrogens is 380 g/mol. The summed E-state index contributed by atoms with van der Waals surface area (Å²) in [6.45, 7) is 2.25. The first-order valence-corrected chi connectivity index (χ1v) is 11.3. The number of benzene rings is 1. The highest BCUT2D eigenvalue weighted by molar-refractivity contribution is 5.86. The fraction of sp³-hybridized carbons (Fsp3) is 0.667. The zero-order valence-electron chi connectivity index (χ0n) is 19.3. The van der Waals surface area contributed by atoms with Gasteiger partial charge in [-0.25, -0.2) is 5.43 Å². The molecule has 0 unspecified atom stereocenters. The van der Waals surface area contributed by atoms with Gasteiger partial charge in [0.15, 0.2) is 11.5 Å². The Bertz CT molecular complexity index is 632. The van der Waals surface area contributed by atoms with Gasteiger partial charge in [0, 0.05) is 18.1 Å². The van der Waals surface area contributed by atoms with Crippen LogP contribution in [0.5, 0.6) is 17.2 Å². The number of methoxy groups -OCH3 is 3. The molecule has 1 rings (SSSR count). The Morgan fingerprint density at radius 1 is 0.800 bits per heavy atom. The zero-order valence-corrected chi connectivity index (χ0v) is 19.3. The van der Waals surface area contributed by atoms with Crippen LogP contribution in [-0.2, 0) is 4.79 Å². The molecule has 30 heavy (non-hydrogen) atoms. The van der Waals surface area contributed by atoms with Crippen LogP contribution in [0.4, 0.5) is 0 Å². The SMILES string of the molecule is CCCCCCCCCCCCCC(=O)NN=Cc1cc(OC)c(OC)cc1OC. The van der Waals surface area contributed by atoms with Gasteiger partial charge in [-0.15, -0.1) is 0 Å². The molecule has 0 heterocycles. The molecule has 1 N–H and O–H groups in total. The third-order valence-electron chi connectivity index (χ3n) is 5.14. The van der Waals surface area contributed by atoms with Crippen LogP contribution in [-0.4, -0.2) is 33.5 Å². The van der Waals surface area contributed by atoms with Crippen molar-refractivity contribution in [3.63, 3.8) is 0 Å². The first kappa shape index (κ1) is 25.8. The number of unbranched alkanes of at least 4 members (excludes halogenated alkanes) is 10. The average molecular weight is 421 g/mol. The number of carbonyl (C=O) groups excluding carboxylic acids is 1. The topological polar surface area (TPSA) is 69.2 Å². The molecule has 0 bridgehead atoms. The Morgan fingerprint density at radius 2 is 1.30 bits per heavy atom. The highest BCUT2D eigenvalue weighted by Crippen LogP contribution is 2.33. The summed E-state index contributed by atoms with van der Waals surface area (Å²) in [5.41, 5.74) is 3.29. The van der Waals surface area contributed by atoms with Crippen LogP contribution in [0.25, 0.3) is 0 Å². The van der Waals surface area contributed by atoms with Crippen LogP contribution in [0.1, 0.15) is 89.5 Å². The van der Waals surface area contributed by atoms with Gasteiger partial charge in [-0.05, 0) is 12.5 Å². The van der Waals surface area contributed by atoms with Gasteiger partial charge < -0.3 is 14.2 Å². The lowest BCUT2D eigenvalue weighted by Gasteiger charge is -2.11. The summed E-state index contributed by atoms with van der Waals surface area (Å²) < 4.78 is 15.9. The molecule has 0 fully saturated rings. The average Bonchev–Trinajstić information content (AvgIpc) is 2.76. The minimum absolute atomic E-state index is 0.0679. The van der Waals surface area contributed by atoms with Gasteiger partial charge in [0.1, 0.15) is 5.75 Å². The van der Waals surface area contributed by atoms with Crippen LogP contribution in [0.2, 0.25) is 0 Å². The molecule has 0 aliphatic rings. The number of ether oxygens (including phenoxy) is 3. The van der Waals surface area contributed by atoms with E-state index in [1.807, 2.05) is 0 Å². The standard InChI is InChI=1S/C24H40N2O4/c1-5-6-7-8-9-10-11-12-13-14-15-16-24(27)26-25-19-20-17-22(29-3)23(30-4)18-21(20)28-2/h17-19H,5-16H2,1-4H3,(H,26,27). The number of rotatable bonds is 17. The van der Waals surface area contributed by atoms with E-state index in [9.17, 15) is 4.79 Å². The van der Waals surface area contributed by atoms with Gasteiger partial charge in [0.2, 0.25) is 5.91 Å². The van der Waals surface area contributed by atoms with Crippen molar-refractivity contribution in [2.45, 2.75) is 84.0 Å². The maximum Gasteiger partial charge on any atom is 0.240 e. The predicted octanol–water partition coefficient (Wildman–Crippen LogP) is 5.86. The second kappa shape index (κ2) is 16.5. The number of hydrogen-bond acceptors (Lipinski definition) is 5. The van der Waals surface area contributed by atoms with E-state index in [2.05, 4.69) is 17.5 Å². The Labute approximate surface area is 182 Å². The van der Waals surface area contributed by atoms with Crippen LogP contribution < -0.4 is 19.6 Å². The lowest BCUT2D eigenvalue weighted by Crippen LogP contribution is -2.17. The van der Waals surface area contributed by atoms with Crippen LogP contribution in [0.15, 0.2) is 17.2 Å². The maximum atomic E-state index is 12.0. The third-order valence-corrected chi connectivity index (χ3v) is 5.14. The molecule has 0 aromatic heterocycles. The van der Waals surface area contributed by atoms with Gasteiger partial charge in [-0.1, -0.05) is 71.1 Å². The summed E-state index contributed by atoms with van der Waals surface area (Å²) in [5, 5.41) is 4.05. The molecule has 170 valence electrons. The fourth-order valence-electron chi connectivity index (χ4n) is 3.33. The third kappa shape index (κ3) is 10.5. The van der Waals surface area contributed by atoms with Gasteiger partial charge in [-0.3, -0.25) is 4.79 Å². The summed E-state index contributed by atoms with van der Waals surface area (Å²) in [6, 6.07) is 3.49. The summed E-state index contributed by atoms with van der Waals surface area (Å²) in [5.74, 6) is 1.68. The highest BCUT2D eigenvalue weighted by Gasteiger charge is 2.10. The van der Waals surface area contributed by atoms with Gasteiger partial charge >= 0.3 is 0 Å². The highest BCUT2D eigenvalue weighted by atomic mass is 16.5. The Morgan fingerprint density at radius 3 is 1.83 bits per heavy atom. The van der Waals surface area contributed by atoms with Crippen molar-refractivity contribution >= 4 is 12.1 Å². The van der Waals surface area contributed by atoms with Crippen LogP contribution in [0, 0.1) is 0 Å². The molecular formula is C24H40N2O4.